The second-order valence-corrected chi connectivity index (χ2v) is 2.52. The number of hydrogen-bond acceptors (Lipinski definition) is 2. The molecule has 0 saturated carbocycles. The minimum atomic E-state index is 0.324. The van der Waals surface area contributed by atoms with E-state index in [-0.39, 0.29) is 0 Å². The zero-order valence-electron chi connectivity index (χ0n) is 4.68. The fourth-order valence-corrected chi connectivity index (χ4v) is 1.13. The van der Waals surface area contributed by atoms with Crippen LogP contribution >= 0.6 is 12.2 Å². The maximum atomic E-state index is 5.37. The second-order valence-electron chi connectivity index (χ2n) is 2.05. The van der Waals surface area contributed by atoms with Gasteiger partial charge < -0.3 is 11.1 Å². The van der Waals surface area contributed by atoms with Gasteiger partial charge in [0.15, 0.2) is 0 Å². The predicted octanol–water partition coefficient (Wildman–Crippen LogP) is 0.0245. The summed E-state index contributed by atoms with van der Waals surface area (Å²) < 4.78 is 0. The van der Waals surface area contributed by atoms with Gasteiger partial charge in [-0.15, -0.1) is 0 Å². The number of nitrogens with two attached hydrogens (primary N) is 1. The molecule has 0 aromatic heterocycles. The molecule has 0 bridgehead atoms. The summed E-state index contributed by atoms with van der Waals surface area (Å²) in [6.07, 6.45) is 2.33. The summed E-state index contributed by atoms with van der Waals surface area (Å²) in [6.45, 7) is 1.07. The van der Waals surface area contributed by atoms with Gasteiger partial charge in [0, 0.05) is 0 Å². The van der Waals surface area contributed by atoms with Gasteiger partial charge in [-0.25, -0.2) is 0 Å². The lowest BCUT2D eigenvalue weighted by atomic mass is 10.2. The monoisotopic (exact) mass is 130 g/mol. The lowest BCUT2D eigenvalue weighted by Crippen LogP contribution is -2.34. The Morgan fingerprint density at radius 2 is 2.50 bits per heavy atom. The van der Waals surface area contributed by atoms with Gasteiger partial charge in [-0.1, -0.05) is 12.2 Å². The van der Waals surface area contributed by atoms with Gasteiger partial charge >= 0.3 is 0 Å². The minimum absolute atomic E-state index is 0.324. The van der Waals surface area contributed by atoms with Crippen LogP contribution in [0, 0.1) is 0 Å². The van der Waals surface area contributed by atoms with Crippen LogP contribution in [0.5, 0.6) is 0 Å². The topological polar surface area (TPSA) is 38.0 Å². The van der Waals surface area contributed by atoms with Gasteiger partial charge in [-0.3, -0.25) is 0 Å². The molecule has 0 aliphatic carbocycles. The van der Waals surface area contributed by atoms with Crippen LogP contribution in [-0.4, -0.2) is 17.6 Å². The summed E-state index contributed by atoms with van der Waals surface area (Å²) >= 11 is 4.77. The lowest BCUT2D eigenvalue weighted by Gasteiger charge is -2.04. The zero-order chi connectivity index (χ0) is 5.98. The van der Waals surface area contributed by atoms with Gasteiger partial charge in [0.2, 0.25) is 0 Å². The molecular weight excluding hydrogens is 120 g/mol. The Kier molecular flexibility index (Phi) is 1.81. The van der Waals surface area contributed by atoms with E-state index in [1.807, 2.05) is 0 Å². The molecule has 1 saturated heterocycles. The fraction of sp³-hybridized carbons (Fsp3) is 0.800. The Bertz CT molecular complexity index is 96.6. The van der Waals surface area contributed by atoms with E-state index in [0.717, 1.165) is 13.0 Å². The summed E-state index contributed by atoms with van der Waals surface area (Å²) in [5.41, 5.74) is 5.37. The Hall–Kier alpha value is -0.150. The summed E-state index contributed by atoms with van der Waals surface area (Å²) in [7, 11) is 0. The van der Waals surface area contributed by atoms with Crippen LogP contribution in [0.2, 0.25) is 0 Å². The van der Waals surface area contributed by atoms with Crippen molar-refractivity contribution in [1.82, 2.24) is 5.32 Å². The Morgan fingerprint density at radius 3 is 2.75 bits per heavy atom. The molecule has 2 nitrogen and oxygen atoms in total. The molecule has 8 heavy (non-hydrogen) atoms. The van der Waals surface area contributed by atoms with Gasteiger partial charge in [0.1, 0.15) is 0 Å². The maximum absolute atomic E-state index is 5.37. The molecule has 1 atom stereocenters. The number of nitrogens with one attached hydrogen (secondary N) is 1. The Labute approximate surface area is 54.4 Å². The lowest BCUT2D eigenvalue weighted by molar-refractivity contribution is 0.765. The van der Waals surface area contributed by atoms with Crippen molar-refractivity contribution in [2.45, 2.75) is 18.9 Å². The van der Waals surface area contributed by atoms with Crippen LogP contribution in [0.15, 0.2) is 0 Å². The minimum Gasteiger partial charge on any atom is -0.392 e. The van der Waals surface area contributed by atoms with Crippen molar-refractivity contribution in [3.05, 3.63) is 0 Å². The quantitative estimate of drug-likeness (QED) is 0.492. The smallest absolute Gasteiger partial charge is 0.0899 e. The average Bonchev–Trinajstić information content (AvgIpc) is 2.12. The third kappa shape index (κ3) is 1.17. The summed E-state index contributed by atoms with van der Waals surface area (Å²) in [6, 6.07) is 0.324. The summed E-state index contributed by atoms with van der Waals surface area (Å²) in [4.78, 5) is 0.613. The molecule has 1 aliphatic rings. The molecule has 0 aromatic carbocycles. The van der Waals surface area contributed by atoms with E-state index in [0.29, 0.717) is 11.0 Å². The fourth-order valence-electron chi connectivity index (χ4n) is 0.927. The van der Waals surface area contributed by atoms with Gasteiger partial charge in [0.25, 0.3) is 0 Å². The van der Waals surface area contributed by atoms with E-state index in [4.69, 9.17) is 18.0 Å². The van der Waals surface area contributed by atoms with Crippen LogP contribution in [0.4, 0.5) is 0 Å². The van der Waals surface area contributed by atoms with Crippen LogP contribution < -0.4 is 11.1 Å². The summed E-state index contributed by atoms with van der Waals surface area (Å²) in [5, 5.41) is 3.19. The van der Waals surface area contributed by atoms with Crippen molar-refractivity contribution in [1.29, 1.82) is 0 Å². The van der Waals surface area contributed by atoms with Crippen molar-refractivity contribution in [3.63, 3.8) is 0 Å². The van der Waals surface area contributed by atoms with Crippen LogP contribution in [0.25, 0.3) is 0 Å². The first kappa shape index (κ1) is 5.98. The predicted molar refractivity (Wildman–Crippen MR) is 37.8 cm³/mol. The number of thiocarbonyl (C=S) groups is 1. The molecule has 0 radical (unpaired) electrons. The molecule has 1 fully saturated rings. The van der Waals surface area contributed by atoms with Crippen molar-refractivity contribution in [2.24, 2.45) is 5.73 Å². The molecule has 1 heterocycles. The molecule has 46 valence electrons. The van der Waals surface area contributed by atoms with E-state index >= 15 is 0 Å². The first-order valence-electron chi connectivity index (χ1n) is 2.83. The van der Waals surface area contributed by atoms with Crippen LogP contribution in [0.1, 0.15) is 12.8 Å². The van der Waals surface area contributed by atoms with Gasteiger partial charge in [-0.05, 0) is 19.4 Å². The van der Waals surface area contributed by atoms with E-state index in [2.05, 4.69) is 5.32 Å². The number of rotatable bonds is 1. The largest absolute Gasteiger partial charge is 0.392 e. The van der Waals surface area contributed by atoms with Crippen molar-refractivity contribution < 1.29 is 0 Å². The van der Waals surface area contributed by atoms with E-state index in [9.17, 15) is 0 Å². The molecule has 0 aromatic rings. The SMILES string of the molecule is NC(=S)[C@H]1CCCN1. The normalized spacial score (nSPS) is 28.2. The third-order valence-corrected chi connectivity index (χ3v) is 1.69. The third-order valence-electron chi connectivity index (χ3n) is 1.40. The number of hydrogen-bond donors (Lipinski definition) is 2. The highest BCUT2D eigenvalue weighted by molar-refractivity contribution is 7.80. The van der Waals surface area contributed by atoms with E-state index < -0.39 is 0 Å². The molecule has 0 spiro atoms. The van der Waals surface area contributed by atoms with Crippen molar-refractivity contribution in [3.8, 4) is 0 Å². The molecule has 1 rings (SSSR count). The summed E-state index contributed by atoms with van der Waals surface area (Å²) in [5.74, 6) is 0. The average molecular weight is 130 g/mol. The molecule has 3 N–H and O–H groups in total. The highest BCUT2D eigenvalue weighted by atomic mass is 32.1. The first-order chi connectivity index (χ1) is 3.80. The molecular formula is C5H10N2S. The highest BCUT2D eigenvalue weighted by Gasteiger charge is 2.15. The second kappa shape index (κ2) is 2.42. The van der Waals surface area contributed by atoms with Gasteiger partial charge in [0.05, 0.1) is 11.0 Å². The van der Waals surface area contributed by atoms with Crippen LogP contribution in [-0.2, 0) is 0 Å². The van der Waals surface area contributed by atoms with Crippen LogP contribution in [0.3, 0.4) is 0 Å². The van der Waals surface area contributed by atoms with Crippen molar-refractivity contribution in [2.75, 3.05) is 6.54 Å². The van der Waals surface area contributed by atoms with E-state index in [1.165, 1.54) is 6.42 Å². The zero-order valence-corrected chi connectivity index (χ0v) is 5.50. The Balaban J connectivity index is 2.35. The van der Waals surface area contributed by atoms with E-state index in [1.54, 1.807) is 0 Å². The molecule has 3 heteroatoms. The molecule has 0 amide bonds. The van der Waals surface area contributed by atoms with Gasteiger partial charge in [-0.2, -0.15) is 0 Å². The molecule has 0 unspecified atom stereocenters. The highest BCUT2D eigenvalue weighted by Crippen LogP contribution is 2.03. The molecule has 1 aliphatic heterocycles. The van der Waals surface area contributed by atoms with Crippen molar-refractivity contribution >= 4 is 17.2 Å². The Morgan fingerprint density at radius 1 is 1.75 bits per heavy atom. The first-order valence-corrected chi connectivity index (χ1v) is 3.24. The maximum Gasteiger partial charge on any atom is 0.0899 e. The standard InChI is InChI=1S/C5H10N2S/c6-5(8)4-2-1-3-7-4/h4,7H,1-3H2,(H2,6,8)/t4-/m1/s1.